The maximum atomic E-state index is 12.6. The lowest BCUT2D eigenvalue weighted by Gasteiger charge is -2.16. The van der Waals surface area contributed by atoms with Crippen molar-refractivity contribution in [1.82, 2.24) is 10.3 Å². The minimum atomic E-state index is -0.255. The first-order valence-electron chi connectivity index (χ1n) is 11.2. The fourth-order valence-electron chi connectivity index (χ4n) is 3.90. The van der Waals surface area contributed by atoms with Gasteiger partial charge in [-0.05, 0) is 50.6 Å². The van der Waals surface area contributed by atoms with Crippen LogP contribution in [0, 0.1) is 23.7 Å². The Morgan fingerprint density at radius 1 is 1.38 bits per heavy atom. The number of anilines is 3. The Hall–Kier alpha value is -4.33. The number of terminal acetylenes is 1. The van der Waals surface area contributed by atoms with Crippen LogP contribution in [-0.2, 0) is 4.79 Å². The second-order valence-corrected chi connectivity index (χ2v) is 7.86. The van der Waals surface area contributed by atoms with E-state index in [1.54, 1.807) is 12.1 Å². The van der Waals surface area contributed by atoms with E-state index in [-0.39, 0.29) is 11.9 Å². The maximum Gasteiger partial charge on any atom is 0.248 e. The second-order valence-electron chi connectivity index (χ2n) is 7.86. The molecule has 1 aromatic heterocycles. The van der Waals surface area contributed by atoms with Crippen molar-refractivity contribution in [2.45, 2.75) is 25.8 Å². The number of ether oxygens (including phenoxy) is 1. The van der Waals surface area contributed by atoms with Crippen LogP contribution in [0.1, 0.15) is 30.9 Å². The number of carbonyl (C=O) groups excluding carboxylic acids is 1. The summed E-state index contributed by atoms with van der Waals surface area (Å²) in [6, 6.07) is 13.3. The number of rotatable bonds is 7. The maximum absolute atomic E-state index is 12.6. The SMILES string of the molecule is C#Cc1cccc(Nc2c(C#N)cnc3cc(OCC)c(NC(=O)/C=C/C4CCCN4)cc23)c1. The van der Waals surface area contributed by atoms with Gasteiger partial charge in [0.1, 0.15) is 11.8 Å². The van der Waals surface area contributed by atoms with Gasteiger partial charge in [-0.25, -0.2) is 0 Å². The summed E-state index contributed by atoms with van der Waals surface area (Å²) >= 11 is 0. The number of hydrogen-bond acceptors (Lipinski definition) is 6. The lowest BCUT2D eigenvalue weighted by Crippen LogP contribution is -2.19. The molecule has 0 aliphatic carbocycles. The lowest BCUT2D eigenvalue weighted by molar-refractivity contribution is -0.111. The van der Waals surface area contributed by atoms with Crippen LogP contribution in [0.15, 0.2) is 54.7 Å². The number of amides is 1. The van der Waals surface area contributed by atoms with E-state index < -0.39 is 0 Å². The Morgan fingerprint density at radius 2 is 2.26 bits per heavy atom. The number of nitrogens with zero attached hydrogens (tertiary/aromatic N) is 2. The van der Waals surface area contributed by atoms with Gasteiger partial charge in [-0.3, -0.25) is 9.78 Å². The lowest BCUT2D eigenvalue weighted by atomic mass is 10.1. The monoisotopic (exact) mass is 451 g/mol. The molecule has 1 amide bonds. The van der Waals surface area contributed by atoms with E-state index in [0.717, 1.165) is 30.6 Å². The van der Waals surface area contributed by atoms with Crippen LogP contribution in [0.5, 0.6) is 5.75 Å². The fourth-order valence-corrected chi connectivity index (χ4v) is 3.90. The molecule has 7 nitrogen and oxygen atoms in total. The van der Waals surface area contributed by atoms with E-state index in [1.807, 2.05) is 37.3 Å². The molecule has 1 fully saturated rings. The Bertz CT molecular complexity index is 1330. The summed E-state index contributed by atoms with van der Waals surface area (Å²) in [5, 5.41) is 19.9. The number of fused-ring (bicyclic) bond motifs is 1. The first kappa shape index (κ1) is 22.8. The van der Waals surface area contributed by atoms with Gasteiger partial charge in [-0.2, -0.15) is 5.26 Å². The average molecular weight is 452 g/mol. The third kappa shape index (κ3) is 5.17. The van der Waals surface area contributed by atoms with Gasteiger partial charge in [-0.15, -0.1) is 6.42 Å². The summed E-state index contributed by atoms with van der Waals surface area (Å²) in [6.45, 7) is 3.26. The Labute approximate surface area is 198 Å². The van der Waals surface area contributed by atoms with Crippen LogP contribution in [0.4, 0.5) is 17.1 Å². The zero-order valence-corrected chi connectivity index (χ0v) is 18.9. The summed E-state index contributed by atoms with van der Waals surface area (Å²) in [5.41, 5.74) is 3.53. The number of carbonyl (C=O) groups is 1. The van der Waals surface area contributed by atoms with E-state index in [9.17, 15) is 10.1 Å². The predicted molar refractivity (Wildman–Crippen MR) is 134 cm³/mol. The molecule has 1 atom stereocenters. The van der Waals surface area contributed by atoms with Crippen molar-refractivity contribution < 1.29 is 9.53 Å². The van der Waals surface area contributed by atoms with Gasteiger partial charge in [0, 0.05) is 41.0 Å². The Morgan fingerprint density at radius 3 is 3.00 bits per heavy atom. The van der Waals surface area contributed by atoms with Crippen molar-refractivity contribution in [2.24, 2.45) is 0 Å². The fraction of sp³-hybridized carbons (Fsp3) is 0.222. The third-order valence-electron chi connectivity index (χ3n) is 5.52. The van der Waals surface area contributed by atoms with Gasteiger partial charge in [0.05, 0.1) is 29.1 Å². The van der Waals surface area contributed by atoms with E-state index >= 15 is 0 Å². The zero-order valence-electron chi connectivity index (χ0n) is 18.9. The van der Waals surface area contributed by atoms with E-state index in [2.05, 4.69) is 32.9 Å². The molecular weight excluding hydrogens is 426 g/mol. The van der Waals surface area contributed by atoms with Gasteiger partial charge in [0.15, 0.2) is 0 Å². The molecule has 3 aromatic rings. The smallest absolute Gasteiger partial charge is 0.248 e. The molecule has 7 heteroatoms. The van der Waals surface area contributed by atoms with E-state index in [4.69, 9.17) is 11.2 Å². The standard InChI is InChI=1S/C27H25N5O2/c1-3-18-7-5-8-21(13-18)31-27-19(16-28)17-30-23-15-25(34-4-2)24(14-22(23)27)32-26(33)11-10-20-9-6-12-29-20/h1,5,7-8,10-11,13-15,17,20,29H,4,6,9,12H2,2H3,(H,30,31)(H,32,33)/b11-10+. The third-order valence-corrected chi connectivity index (χ3v) is 5.52. The molecule has 3 N–H and O–H groups in total. The van der Waals surface area contributed by atoms with Crippen molar-refractivity contribution in [3.8, 4) is 24.2 Å². The van der Waals surface area contributed by atoms with Crippen LogP contribution in [0.25, 0.3) is 10.9 Å². The minimum absolute atomic E-state index is 0.214. The molecule has 0 saturated carbocycles. The molecule has 1 aliphatic heterocycles. The summed E-state index contributed by atoms with van der Waals surface area (Å²) in [5.74, 6) is 2.86. The van der Waals surface area contributed by atoms with Crippen LogP contribution >= 0.6 is 0 Å². The number of hydrogen-bond donors (Lipinski definition) is 3. The van der Waals surface area contributed by atoms with Gasteiger partial charge in [0.25, 0.3) is 0 Å². The molecule has 4 rings (SSSR count). The van der Waals surface area contributed by atoms with Gasteiger partial charge in [0.2, 0.25) is 5.91 Å². The van der Waals surface area contributed by atoms with Crippen molar-refractivity contribution >= 4 is 33.9 Å². The van der Waals surface area contributed by atoms with Gasteiger partial charge in [-0.1, -0.05) is 18.1 Å². The largest absolute Gasteiger partial charge is 0.492 e. The van der Waals surface area contributed by atoms with Crippen molar-refractivity contribution in [3.05, 3.63) is 65.9 Å². The minimum Gasteiger partial charge on any atom is -0.492 e. The number of benzene rings is 2. The van der Waals surface area contributed by atoms with Crippen molar-refractivity contribution in [1.29, 1.82) is 5.26 Å². The molecule has 170 valence electrons. The highest BCUT2D eigenvalue weighted by atomic mass is 16.5. The number of aromatic nitrogens is 1. The summed E-state index contributed by atoms with van der Waals surface area (Å²) in [4.78, 5) is 17.1. The molecular formula is C27H25N5O2. The first-order chi connectivity index (χ1) is 16.6. The Kier molecular flexibility index (Phi) is 7.07. The van der Waals surface area contributed by atoms with Crippen LogP contribution < -0.4 is 20.7 Å². The molecule has 34 heavy (non-hydrogen) atoms. The molecule has 1 unspecified atom stereocenters. The highest BCUT2D eigenvalue weighted by molar-refractivity contribution is 6.04. The van der Waals surface area contributed by atoms with E-state index in [1.165, 1.54) is 12.3 Å². The molecule has 0 radical (unpaired) electrons. The van der Waals surface area contributed by atoms with Crippen LogP contribution in [0.2, 0.25) is 0 Å². The number of pyridine rings is 1. The molecule has 0 bridgehead atoms. The Balaban J connectivity index is 1.73. The highest BCUT2D eigenvalue weighted by Gasteiger charge is 2.16. The molecule has 2 aromatic carbocycles. The molecule has 1 saturated heterocycles. The topological polar surface area (TPSA) is 99.1 Å². The summed E-state index contributed by atoms with van der Waals surface area (Å²) in [6.07, 6.45) is 12.6. The highest BCUT2D eigenvalue weighted by Crippen LogP contribution is 2.36. The van der Waals surface area contributed by atoms with Gasteiger partial charge < -0.3 is 20.7 Å². The zero-order chi connectivity index (χ0) is 23.9. The van der Waals surface area contributed by atoms with Gasteiger partial charge >= 0.3 is 0 Å². The number of nitriles is 1. The molecule has 1 aliphatic rings. The molecule has 0 spiro atoms. The normalized spacial score (nSPS) is 15.1. The first-order valence-corrected chi connectivity index (χ1v) is 11.2. The second kappa shape index (κ2) is 10.5. The van der Waals surface area contributed by atoms with E-state index in [0.29, 0.717) is 40.2 Å². The van der Waals surface area contributed by atoms with Crippen LogP contribution in [-0.4, -0.2) is 30.1 Å². The summed E-state index contributed by atoms with van der Waals surface area (Å²) in [7, 11) is 0. The average Bonchev–Trinajstić information content (AvgIpc) is 3.38. The predicted octanol–water partition coefficient (Wildman–Crippen LogP) is 4.48. The van der Waals surface area contributed by atoms with Crippen molar-refractivity contribution in [2.75, 3.05) is 23.8 Å². The van der Waals surface area contributed by atoms with Crippen molar-refractivity contribution in [3.63, 3.8) is 0 Å². The summed E-state index contributed by atoms with van der Waals surface area (Å²) < 4.78 is 5.77. The molecule has 2 heterocycles. The van der Waals surface area contributed by atoms with Crippen LogP contribution in [0.3, 0.4) is 0 Å². The quantitative estimate of drug-likeness (QED) is 0.362. The number of nitrogens with one attached hydrogen (secondary N) is 3.